The summed E-state index contributed by atoms with van der Waals surface area (Å²) in [5.41, 5.74) is 4.33. The van der Waals surface area contributed by atoms with Crippen molar-refractivity contribution in [1.29, 1.82) is 0 Å². The summed E-state index contributed by atoms with van der Waals surface area (Å²) in [4.78, 5) is 12.7. The molecular formula is C21H28O2. The fourth-order valence-electron chi connectivity index (χ4n) is 4.50. The zero-order chi connectivity index (χ0) is 16.4. The second-order valence-electron chi connectivity index (χ2n) is 7.66. The highest BCUT2D eigenvalue weighted by atomic mass is 16.5. The van der Waals surface area contributed by atoms with Crippen LogP contribution in [0.25, 0.3) is 0 Å². The van der Waals surface area contributed by atoms with E-state index in [2.05, 4.69) is 32.9 Å². The third-order valence-electron chi connectivity index (χ3n) is 5.86. The monoisotopic (exact) mass is 312 g/mol. The molecule has 2 nitrogen and oxygen atoms in total. The fraction of sp³-hybridized carbons (Fsp3) is 0.571. The molecule has 23 heavy (non-hydrogen) atoms. The highest BCUT2D eigenvalue weighted by molar-refractivity contribution is 5.84. The SMILES string of the molecule is CC1=C2CCCC(=O)[C@@H](OCc3ccccc3)[C@@H](CC1)C2(C)C. The number of fused-ring (bicyclic) bond motifs is 2. The molecule has 0 aromatic heterocycles. The number of allylic oxidation sites excluding steroid dienone is 2. The minimum absolute atomic E-state index is 0.0692. The molecule has 1 aromatic carbocycles. The lowest BCUT2D eigenvalue weighted by Gasteiger charge is -2.46. The second-order valence-corrected chi connectivity index (χ2v) is 7.66. The van der Waals surface area contributed by atoms with Crippen molar-refractivity contribution in [3.63, 3.8) is 0 Å². The maximum absolute atomic E-state index is 12.7. The van der Waals surface area contributed by atoms with E-state index in [1.54, 1.807) is 11.1 Å². The van der Waals surface area contributed by atoms with Crippen LogP contribution in [0, 0.1) is 11.3 Å². The summed E-state index contributed by atoms with van der Waals surface area (Å²) in [6.07, 6.45) is 4.62. The van der Waals surface area contributed by atoms with Crippen LogP contribution in [0.1, 0.15) is 58.4 Å². The third-order valence-corrected chi connectivity index (χ3v) is 5.86. The quantitative estimate of drug-likeness (QED) is 0.728. The van der Waals surface area contributed by atoms with Crippen molar-refractivity contribution >= 4 is 5.78 Å². The molecule has 1 saturated carbocycles. The minimum atomic E-state index is -0.256. The lowest BCUT2D eigenvalue weighted by Crippen LogP contribution is -2.45. The number of hydrogen-bond acceptors (Lipinski definition) is 2. The summed E-state index contributed by atoms with van der Waals surface area (Å²) in [5.74, 6) is 0.607. The molecular weight excluding hydrogens is 284 g/mol. The molecule has 0 saturated heterocycles. The van der Waals surface area contributed by atoms with Gasteiger partial charge in [0.1, 0.15) is 6.10 Å². The molecule has 0 aliphatic heterocycles. The first-order valence-electron chi connectivity index (χ1n) is 8.87. The first kappa shape index (κ1) is 16.4. The van der Waals surface area contributed by atoms with Gasteiger partial charge in [-0.15, -0.1) is 0 Å². The van der Waals surface area contributed by atoms with Gasteiger partial charge in [-0.1, -0.05) is 55.3 Å². The Morgan fingerprint density at radius 3 is 2.61 bits per heavy atom. The van der Waals surface area contributed by atoms with E-state index in [0.29, 0.717) is 24.7 Å². The Morgan fingerprint density at radius 2 is 1.87 bits per heavy atom. The first-order chi connectivity index (χ1) is 11.0. The van der Waals surface area contributed by atoms with Gasteiger partial charge in [-0.3, -0.25) is 4.79 Å². The van der Waals surface area contributed by atoms with Crippen LogP contribution in [0.5, 0.6) is 0 Å². The smallest absolute Gasteiger partial charge is 0.161 e. The molecule has 2 heteroatoms. The number of rotatable bonds is 3. The van der Waals surface area contributed by atoms with E-state index in [4.69, 9.17) is 4.74 Å². The summed E-state index contributed by atoms with van der Waals surface area (Å²) in [6.45, 7) is 7.43. The molecule has 0 heterocycles. The number of carbonyl (C=O) groups excluding carboxylic acids is 1. The van der Waals surface area contributed by atoms with Gasteiger partial charge in [0.2, 0.25) is 0 Å². The predicted molar refractivity (Wildman–Crippen MR) is 93.1 cm³/mol. The van der Waals surface area contributed by atoms with E-state index in [-0.39, 0.29) is 11.5 Å². The molecule has 1 aromatic rings. The Labute approximate surface area is 139 Å². The Kier molecular flexibility index (Phi) is 4.72. The molecule has 2 bridgehead atoms. The summed E-state index contributed by atoms with van der Waals surface area (Å²) >= 11 is 0. The van der Waals surface area contributed by atoms with Gasteiger partial charge >= 0.3 is 0 Å². The molecule has 2 atom stereocenters. The average molecular weight is 312 g/mol. The van der Waals surface area contributed by atoms with Crippen LogP contribution >= 0.6 is 0 Å². The number of carbonyl (C=O) groups is 1. The molecule has 124 valence electrons. The lowest BCUT2D eigenvalue weighted by molar-refractivity contribution is -0.140. The molecule has 3 rings (SSSR count). The van der Waals surface area contributed by atoms with E-state index < -0.39 is 0 Å². The second kappa shape index (κ2) is 6.60. The van der Waals surface area contributed by atoms with E-state index in [0.717, 1.165) is 31.2 Å². The van der Waals surface area contributed by atoms with Gasteiger partial charge in [-0.05, 0) is 43.6 Å². The molecule has 0 spiro atoms. The zero-order valence-corrected chi connectivity index (χ0v) is 14.6. The van der Waals surface area contributed by atoms with Gasteiger partial charge in [0, 0.05) is 12.3 Å². The summed E-state index contributed by atoms with van der Waals surface area (Å²) in [5, 5.41) is 0. The Balaban J connectivity index is 1.84. The molecule has 0 radical (unpaired) electrons. The maximum atomic E-state index is 12.7. The standard InChI is InChI=1S/C21H28O2/c1-15-12-13-18-20(23-14-16-8-5-4-6-9-16)19(22)11-7-10-17(15)21(18,2)3/h4-6,8-9,18,20H,7,10-14H2,1-3H3/t18-,20+/m1/s1. The molecule has 2 aliphatic rings. The maximum Gasteiger partial charge on any atom is 0.161 e. The lowest BCUT2D eigenvalue weighted by atomic mass is 9.60. The van der Waals surface area contributed by atoms with Crippen LogP contribution in [-0.4, -0.2) is 11.9 Å². The van der Waals surface area contributed by atoms with Crippen LogP contribution < -0.4 is 0 Å². The average Bonchev–Trinajstić information content (AvgIpc) is 2.53. The van der Waals surface area contributed by atoms with Crippen LogP contribution in [0.4, 0.5) is 0 Å². The highest BCUT2D eigenvalue weighted by Gasteiger charge is 2.45. The summed E-state index contributed by atoms with van der Waals surface area (Å²) in [6, 6.07) is 10.2. The van der Waals surface area contributed by atoms with Crippen molar-refractivity contribution in [3.8, 4) is 0 Å². The Hall–Kier alpha value is -1.41. The van der Waals surface area contributed by atoms with Crippen LogP contribution in [0.2, 0.25) is 0 Å². The number of hydrogen-bond donors (Lipinski definition) is 0. The van der Waals surface area contributed by atoms with Crippen molar-refractivity contribution in [2.45, 2.75) is 65.6 Å². The Morgan fingerprint density at radius 1 is 1.13 bits per heavy atom. The van der Waals surface area contributed by atoms with Crippen molar-refractivity contribution < 1.29 is 9.53 Å². The van der Waals surface area contributed by atoms with E-state index in [1.807, 2.05) is 18.2 Å². The topological polar surface area (TPSA) is 26.3 Å². The molecule has 0 N–H and O–H groups in total. The number of ketones is 1. The highest BCUT2D eigenvalue weighted by Crippen LogP contribution is 2.50. The molecule has 2 aliphatic carbocycles. The van der Waals surface area contributed by atoms with Crippen LogP contribution in [0.3, 0.4) is 0 Å². The number of Topliss-reactive ketones (excluding diaryl/α,β-unsaturated/α-hetero) is 1. The largest absolute Gasteiger partial charge is 0.365 e. The Bertz CT molecular complexity index is 598. The van der Waals surface area contributed by atoms with Gasteiger partial charge < -0.3 is 4.74 Å². The van der Waals surface area contributed by atoms with Crippen molar-refractivity contribution in [2.75, 3.05) is 0 Å². The van der Waals surface area contributed by atoms with E-state index in [9.17, 15) is 4.79 Å². The fourth-order valence-corrected chi connectivity index (χ4v) is 4.50. The number of benzene rings is 1. The van der Waals surface area contributed by atoms with Gasteiger partial charge in [-0.2, -0.15) is 0 Å². The predicted octanol–water partition coefficient (Wildman–Crippen LogP) is 5.08. The van der Waals surface area contributed by atoms with Crippen molar-refractivity contribution in [1.82, 2.24) is 0 Å². The molecule has 0 unspecified atom stereocenters. The van der Waals surface area contributed by atoms with Crippen molar-refractivity contribution in [3.05, 3.63) is 47.0 Å². The minimum Gasteiger partial charge on any atom is -0.365 e. The van der Waals surface area contributed by atoms with Gasteiger partial charge in [0.05, 0.1) is 6.61 Å². The molecule has 0 amide bonds. The van der Waals surface area contributed by atoms with E-state index >= 15 is 0 Å². The summed E-state index contributed by atoms with van der Waals surface area (Å²) in [7, 11) is 0. The van der Waals surface area contributed by atoms with Gasteiger partial charge in [-0.25, -0.2) is 0 Å². The summed E-state index contributed by atoms with van der Waals surface area (Å²) < 4.78 is 6.20. The van der Waals surface area contributed by atoms with Crippen molar-refractivity contribution in [2.24, 2.45) is 11.3 Å². The van der Waals surface area contributed by atoms with Crippen LogP contribution in [0.15, 0.2) is 41.5 Å². The van der Waals surface area contributed by atoms with Gasteiger partial charge in [0.25, 0.3) is 0 Å². The van der Waals surface area contributed by atoms with Gasteiger partial charge in [0.15, 0.2) is 5.78 Å². The van der Waals surface area contributed by atoms with Crippen LogP contribution in [-0.2, 0) is 16.1 Å². The normalized spacial score (nSPS) is 27.5. The third kappa shape index (κ3) is 3.28. The molecule has 1 fully saturated rings. The van der Waals surface area contributed by atoms with E-state index in [1.165, 1.54) is 0 Å². The first-order valence-corrected chi connectivity index (χ1v) is 8.87. The zero-order valence-electron chi connectivity index (χ0n) is 14.6. The number of ether oxygens (including phenoxy) is 1.